The Bertz CT molecular complexity index is 2720. The van der Waals surface area contributed by atoms with Gasteiger partial charge in [-0.05, 0) is 48.1 Å². The third-order valence-electron chi connectivity index (χ3n) is 12.9. The molecule has 3 aromatic heterocycles. The van der Waals surface area contributed by atoms with Gasteiger partial charge in [0.05, 0.1) is 73.5 Å². The average Bonchev–Trinajstić information content (AvgIpc) is 4.20. The number of benzene rings is 3. The van der Waals surface area contributed by atoms with Gasteiger partial charge in [0.2, 0.25) is 5.91 Å². The van der Waals surface area contributed by atoms with E-state index in [0.717, 1.165) is 57.5 Å². The first-order valence-electron chi connectivity index (χ1n) is 22.9. The molecule has 0 bridgehead atoms. The quantitative estimate of drug-likeness (QED) is 0.0842. The average molecular weight is 910 g/mol. The Morgan fingerprint density at radius 1 is 0.776 bits per heavy atom. The fourth-order valence-electron chi connectivity index (χ4n) is 9.29. The van der Waals surface area contributed by atoms with Gasteiger partial charge < -0.3 is 49.7 Å². The lowest BCUT2D eigenvalue weighted by Gasteiger charge is -2.29. The van der Waals surface area contributed by atoms with Crippen LogP contribution in [0.1, 0.15) is 81.3 Å². The molecule has 17 nitrogen and oxygen atoms in total. The van der Waals surface area contributed by atoms with Crippen molar-refractivity contribution in [1.82, 2.24) is 45.4 Å². The van der Waals surface area contributed by atoms with Gasteiger partial charge in [0.15, 0.2) is 0 Å². The zero-order valence-corrected chi connectivity index (χ0v) is 37.7. The van der Waals surface area contributed by atoms with E-state index in [1.807, 2.05) is 92.7 Å². The van der Waals surface area contributed by atoms with Crippen molar-refractivity contribution in [2.24, 2.45) is 5.92 Å². The van der Waals surface area contributed by atoms with Crippen molar-refractivity contribution >= 4 is 34.9 Å². The molecule has 5 N–H and O–H groups in total. The van der Waals surface area contributed by atoms with E-state index < -0.39 is 36.4 Å². The number of aromatic nitrogens is 5. The lowest BCUT2D eigenvalue weighted by Crippen LogP contribution is -2.51. The molecule has 0 unspecified atom stereocenters. The highest BCUT2D eigenvalue weighted by atomic mass is 16.6. The van der Waals surface area contributed by atoms with Gasteiger partial charge in [-0.25, -0.2) is 24.5 Å². The molecule has 3 saturated heterocycles. The van der Waals surface area contributed by atoms with Gasteiger partial charge >= 0.3 is 12.2 Å². The van der Waals surface area contributed by atoms with E-state index in [4.69, 9.17) is 24.2 Å². The van der Waals surface area contributed by atoms with Crippen LogP contribution in [0.25, 0.3) is 44.7 Å². The number of aliphatic hydroxyl groups excluding tert-OH is 1. The minimum absolute atomic E-state index is 0.127. The summed E-state index contributed by atoms with van der Waals surface area (Å²) in [5, 5.41) is 17.0. The first-order valence-corrected chi connectivity index (χ1v) is 22.9. The Morgan fingerprint density at radius 2 is 1.46 bits per heavy atom. The first kappa shape index (κ1) is 45.1. The number of carbonyl (C=O) groups is 4. The number of β-amino-alcohol motifs (C(OH)–C–C–N with tert-alkyl or cyclic N) is 1. The van der Waals surface area contributed by atoms with Gasteiger partial charge in [-0.2, -0.15) is 0 Å². The lowest BCUT2D eigenvalue weighted by molar-refractivity contribution is -0.136. The fourth-order valence-corrected chi connectivity index (χ4v) is 9.29. The molecule has 17 heteroatoms. The maximum atomic E-state index is 14.3. The Balaban J connectivity index is 0.865. The van der Waals surface area contributed by atoms with Gasteiger partial charge in [0, 0.05) is 48.9 Å². The van der Waals surface area contributed by atoms with Gasteiger partial charge in [-0.15, -0.1) is 0 Å². The van der Waals surface area contributed by atoms with Crippen LogP contribution >= 0.6 is 0 Å². The van der Waals surface area contributed by atoms with Gasteiger partial charge in [-0.3, -0.25) is 9.59 Å². The fraction of sp³-hybridized carbons (Fsp3) is 0.380. The molecule has 6 heterocycles. The molecular formula is C50H55N9O8. The van der Waals surface area contributed by atoms with Crippen LogP contribution in [0.15, 0.2) is 97.3 Å². The summed E-state index contributed by atoms with van der Waals surface area (Å²) in [5.41, 5.74) is 6.62. The maximum absolute atomic E-state index is 14.3. The number of aromatic amines is 2. The monoisotopic (exact) mass is 909 g/mol. The van der Waals surface area contributed by atoms with Gasteiger partial charge in [0.25, 0.3) is 5.91 Å². The van der Waals surface area contributed by atoms with Crippen molar-refractivity contribution in [3.63, 3.8) is 0 Å². The van der Waals surface area contributed by atoms with Gasteiger partial charge in [-0.1, -0.05) is 80.6 Å². The molecule has 0 aliphatic carbocycles. The number of likely N-dealkylation sites (tertiary alicyclic amines) is 2. The van der Waals surface area contributed by atoms with Crippen molar-refractivity contribution in [3.8, 4) is 33.8 Å². The van der Waals surface area contributed by atoms with E-state index in [1.54, 1.807) is 22.2 Å². The Hall–Kier alpha value is -7.11. The van der Waals surface area contributed by atoms with Crippen LogP contribution in [0.2, 0.25) is 0 Å². The molecule has 3 aromatic carbocycles. The zero-order valence-electron chi connectivity index (χ0n) is 37.7. The molecule has 348 valence electrons. The van der Waals surface area contributed by atoms with Crippen molar-refractivity contribution in [2.45, 2.75) is 82.3 Å². The largest absolute Gasteiger partial charge is 0.453 e. The van der Waals surface area contributed by atoms with Crippen LogP contribution in [0, 0.1) is 5.92 Å². The summed E-state index contributed by atoms with van der Waals surface area (Å²) in [4.78, 5) is 77.6. The highest BCUT2D eigenvalue weighted by Crippen LogP contribution is 2.36. The van der Waals surface area contributed by atoms with Crippen molar-refractivity contribution in [3.05, 3.63) is 115 Å². The summed E-state index contributed by atoms with van der Waals surface area (Å²) in [6.07, 6.45) is 4.29. The molecule has 0 radical (unpaired) electrons. The normalized spacial score (nSPS) is 19.6. The minimum atomic E-state index is -0.919. The molecule has 0 spiro atoms. The topological polar surface area (TPSA) is 217 Å². The number of imidazole rings is 2. The number of aliphatic hydroxyl groups is 1. The number of hydrogen-bond acceptors (Lipinski definition) is 11. The lowest BCUT2D eigenvalue weighted by atomic mass is 10.0. The predicted molar refractivity (Wildman–Crippen MR) is 248 cm³/mol. The number of rotatable bonds is 12. The molecule has 3 aliphatic heterocycles. The second kappa shape index (κ2) is 19.8. The number of carbonyl (C=O) groups excluding carboxylic acids is 4. The van der Waals surface area contributed by atoms with Crippen LogP contribution in [0.3, 0.4) is 0 Å². The summed E-state index contributed by atoms with van der Waals surface area (Å²) in [6.45, 7) is 5.41. The van der Waals surface area contributed by atoms with E-state index >= 15 is 0 Å². The smallest absolute Gasteiger partial charge is 0.408 e. The molecule has 3 fully saturated rings. The number of amides is 4. The summed E-state index contributed by atoms with van der Waals surface area (Å²) in [5.74, 6) is 0.497. The number of H-pyrrole nitrogens is 2. The maximum Gasteiger partial charge on any atom is 0.408 e. The molecule has 4 amide bonds. The third kappa shape index (κ3) is 9.88. The van der Waals surface area contributed by atoms with Crippen molar-refractivity contribution in [2.75, 3.05) is 33.4 Å². The molecule has 67 heavy (non-hydrogen) atoms. The number of methoxy groups -OCH3 is 1. The molecule has 6 aromatic rings. The molecular weight excluding hydrogens is 855 g/mol. The van der Waals surface area contributed by atoms with E-state index in [9.17, 15) is 24.3 Å². The number of nitrogens with zero attached hydrogens (tertiary/aromatic N) is 5. The SMILES string of the molecule is COC(=O)N[C@H](C(=O)N1C[C@H](O)C[C@H]1c1ncc(-c2ccc(-c3ccc4cc(-c5cnc([C@@H]6CCCN6C(=O)[C@H](NC(=O)OC6CCOCC6)c6ccccc6)[nH]5)ccc4n3)cc2)[nH]1)C(C)C. The minimum Gasteiger partial charge on any atom is -0.453 e. The van der Waals surface area contributed by atoms with Crippen LogP contribution in [-0.2, 0) is 23.8 Å². The summed E-state index contributed by atoms with van der Waals surface area (Å²) in [6, 6.07) is 24.8. The van der Waals surface area contributed by atoms with E-state index in [0.29, 0.717) is 56.2 Å². The number of alkyl carbamates (subject to hydrolysis) is 2. The zero-order chi connectivity index (χ0) is 46.6. The van der Waals surface area contributed by atoms with Crippen LogP contribution in [0.5, 0.6) is 0 Å². The second-order valence-corrected chi connectivity index (χ2v) is 17.7. The second-order valence-electron chi connectivity index (χ2n) is 17.7. The Labute approximate surface area is 387 Å². The molecule has 3 aliphatic rings. The summed E-state index contributed by atoms with van der Waals surface area (Å²) < 4.78 is 15.8. The highest BCUT2D eigenvalue weighted by Gasteiger charge is 2.41. The van der Waals surface area contributed by atoms with E-state index in [1.165, 1.54) is 7.11 Å². The molecule has 0 saturated carbocycles. The molecule has 9 rings (SSSR count). The number of nitrogens with one attached hydrogen (secondary N) is 4. The Kier molecular flexibility index (Phi) is 13.3. The van der Waals surface area contributed by atoms with E-state index in [2.05, 4.69) is 31.7 Å². The van der Waals surface area contributed by atoms with Crippen LogP contribution in [0.4, 0.5) is 9.59 Å². The van der Waals surface area contributed by atoms with Gasteiger partial charge in [0.1, 0.15) is 29.8 Å². The standard InChI is InChI=1S/C50H55N9O8/c1-29(2)43(56-49(63)65-3)47(61)59-28-35(60)25-42(59)46-52-26-39(54-46)31-13-11-30(12-14-31)37-17-15-33-24-34(16-18-38(33)53-37)40-27-51-45(55-40)41-10-7-21-58(41)48(62)44(32-8-5-4-6-9-32)57-50(64)67-36-19-22-66-23-20-36/h4-6,8-9,11-18,24,26-27,29,35-36,41-44,60H,7,10,19-23,25,28H2,1-3H3,(H,51,55)(H,52,54)(H,56,63)(H,57,64)/t35-,41+,42+,43+,44-/m1/s1. The first-order chi connectivity index (χ1) is 32.5. The summed E-state index contributed by atoms with van der Waals surface area (Å²) in [7, 11) is 1.25. The van der Waals surface area contributed by atoms with Crippen LogP contribution in [-0.4, -0.2) is 115 Å². The van der Waals surface area contributed by atoms with E-state index in [-0.39, 0.29) is 36.4 Å². The predicted octanol–water partition coefficient (Wildman–Crippen LogP) is 7.01. The number of hydrogen-bond donors (Lipinski definition) is 5. The number of pyridine rings is 1. The van der Waals surface area contributed by atoms with Crippen LogP contribution < -0.4 is 10.6 Å². The van der Waals surface area contributed by atoms with Crippen molar-refractivity contribution in [1.29, 1.82) is 0 Å². The Morgan fingerprint density at radius 3 is 2.18 bits per heavy atom. The molecule has 5 atom stereocenters. The highest BCUT2D eigenvalue weighted by molar-refractivity contribution is 5.89. The number of fused-ring (bicyclic) bond motifs is 1. The summed E-state index contributed by atoms with van der Waals surface area (Å²) >= 11 is 0. The third-order valence-corrected chi connectivity index (χ3v) is 12.9. The van der Waals surface area contributed by atoms with Crippen molar-refractivity contribution < 1.29 is 38.5 Å². The number of ether oxygens (including phenoxy) is 3.